The molecule has 0 bridgehead atoms. The molecule has 6 heteroatoms. The second-order valence-electron chi connectivity index (χ2n) is 4.44. The van der Waals surface area contributed by atoms with Gasteiger partial charge >= 0.3 is 0 Å². The van der Waals surface area contributed by atoms with E-state index in [4.69, 9.17) is 0 Å². The van der Waals surface area contributed by atoms with Gasteiger partial charge in [-0.3, -0.25) is 0 Å². The average molecular weight is 257 g/mol. The molecule has 0 aliphatic heterocycles. The van der Waals surface area contributed by atoms with Crippen LogP contribution in [0.1, 0.15) is 6.92 Å². The van der Waals surface area contributed by atoms with E-state index in [-0.39, 0.29) is 11.8 Å². The van der Waals surface area contributed by atoms with Gasteiger partial charge in [0.2, 0.25) is 0 Å². The molecular formula is C11H19N3O2S. The first-order valence-corrected chi connectivity index (χ1v) is 7.41. The van der Waals surface area contributed by atoms with Crippen LogP contribution < -0.4 is 10.2 Å². The largest absolute Gasteiger partial charge is 0.380 e. The predicted octanol–water partition coefficient (Wildman–Crippen LogP) is 0.993. The Hall–Kier alpha value is -1.30. The van der Waals surface area contributed by atoms with Gasteiger partial charge in [0.25, 0.3) is 0 Å². The van der Waals surface area contributed by atoms with Gasteiger partial charge in [0, 0.05) is 26.4 Å². The first-order valence-electron chi connectivity index (χ1n) is 5.35. The fourth-order valence-electron chi connectivity index (χ4n) is 1.52. The quantitative estimate of drug-likeness (QED) is 0.852. The lowest BCUT2D eigenvalue weighted by atomic mass is 10.3. The third kappa shape index (κ3) is 5.04. The van der Waals surface area contributed by atoms with Gasteiger partial charge in [-0.05, 0) is 19.1 Å². The van der Waals surface area contributed by atoms with Crippen molar-refractivity contribution >= 4 is 21.3 Å². The molecule has 1 atom stereocenters. The van der Waals surface area contributed by atoms with E-state index in [9.17, 15) is 8.42 Å². The van der Waals surface area contributed by atoms with Crippen molar-refractivity contribution in [3.8, 4) is 0 Å². The summed E-state index contributed by atoms with van der Waals surface area (Å²) in [6, 6.07) is 3.65. The van der Waals surface area contributed by atoms with Crippen LogP contribution in [0.15, 0.2) is 18.3 Å². The molecule has 17 heavy (non-hydrogen) atoms. The number of aromatic nitrogens is 1. The van der Waals surface area contributed by atoms with Crippen molar-refractivity contribution in [2.45, 2.75) is 13.0 Å². The van der Waals surface area contributed by atoms with Crippen LogP contribution in [-0.2, 0) is 9.84 Å². The lowest BCUT2D eigenvalue weighted by Gasteiger charge is -2.15. The van der Waals surface area contributed by atoms with Crippen LogP contribution in [0.3, 0.4) is 0 Å². The Balaban J connectivity index is 2.63. The Labute approximate surface area is 103 Å². The lowest BCUT2D eigenvalue weighted by Crippen LogP contribution is -2.25. The van der Waals surface area contributed by atoms with Crippen LogP contribution in [0.2, 0.25) is 0 Å². The number of hydrogen-bond donors (Lipinski definition) is 1. The Morgan fingerprint density at radius 1 is 1.41 bits per heavy atom. The molecule has 1 N–H and O–H groups in total. The molecular weight excluding hydrogens is 238 g/mol. The molecule has 0 aromatic carbocycles. The van der Waals surface area contributed by atoms with Gasteiger partial charge < -0.3 is 10.2 Å². The fourth-order valence-corrected chi connectivity index (χ4v) is 2.51. The Morgan fingerprint density at radius 2 is 2.06 bits per heavy atom. The SMILES string of the molecule is CC(CS(C)(=O)=O)Nc1ccc(N(C)C)nc1. The minimum absolute atomic E-state index is 0.114. The van der Waals surface area contributed by atoms with Gasteiger partial charge in [-0.25, -0.2) is 13.4 Å². The molecule has 5 nitrogen and oxygen atoms in total. The van der Waals surface area contributed by atoms with Crippen molar-refractivity contribution in [3.05, 3.63) is 18.3 Å². The van der Waals surface area contributed by atoms with Crippen molar-refractivity contribution in [2.75, 3.05) is 36.3 Å². The molecule has 1 aromatic heterocycles. The normalized spacial score (nSPS) is 13.2. The van der Waals surface area contributed by atoms with Gasteiger partial charge in [-0.2, -0.15) is 0 Å². The first kappa shape index (κ1) is 13.8. The number of nitrogens with zero attached hydrogens (tertiary/aromatic N) is 2. The smallest absolute Gasteiger partial charge is 0.149 e. The number of nitrogens with one attached hydrogen (secondary N) is 1. The summed E-state index contributed by atoms with van der Waals surface area (Å²) in [6.45, 7) is 1.83. The Morgan fingerprint density at radius 3 is 2.47 bits per heavy atom. The fraction of sp³-hybridized carbons (Fsp3) is 0.545. The van der Waals surface area contributed by atoms with Crippen molar-refractivity contribution in [1.82, 2.24) is 4.98 Å². The molecule has 96 valence electrons. The summed E-state index contributed by atoms with van der Waals surface area (Å²) in [5.74, 6) is 0.980. The van der Waals surface area contributed by atoms with E-state index < -0.39 is 9.84 Å². The topological polar surface area (TPSA) is 62.3 Å². The second-order valence-corrected chi connectivity index (χ2v) is 6.62. The number of pyridine rings is 1. The summed E-state index contributed by atoms with van der Waals surface area (Å²) in [4.78, 5) is 6.15. The van der Waals surface area contributed by atoms with Gasteiger partial charge in [0.1, 0.15) is 15.7 Å². The van der Waals surface area contributed by atoms with E-state index in [1.807, 2.05) is 38.1 Å². The molecule has 0 spiro atoms. The van der Waals surface area contributed by atoms with E-state index in [0.29, 0.717) is 0 Å². The molecule has 0 radical (unpaired) electrons. The third-order valence-electron chi connectivity index (χ3n) is 2.17. The molecule has 1 heterocycles. The van der Waals surface area contributed by atoms with Gasteiger partial charge in [0.15, 0.2) is 0 Å². The molecule has 1 unspecified atom stereocenters. The van der Waals surface area contributed by atoms with E-state index in [2.05, 4.69) is 10.3 Å². The maximum Gasteiger partial charge on any atom is 0.149 e. The summed E-state index contributed by atoms with van der Waals surface area (Å²) >= 11 is 0. The molecule has 0 amide bonds. The number of rotatable bonds is 5. The Bertz CT molecular complexity index is 454. The summed E-state index contributed by atoms with van der Waals surface area (Å²) in [5.41, 5.74) is 0.826. The minimum atomic E-state index is -2.96. The number of anilines is 2. The Kier molecular flexibility index (Phi) is 4.34. The molecule has 0 fully saturated rings. The third-order valence-corrected chi connectivity index (χ3v) is 3.28. The van der Waals surface area contributed by atoms with Crippen molar-refractivity contribution in [2.24, 2.45) is 0 Å². The maximum absolute atomic E-state index is 11.1. The zero-order valence-corrected chi connectivity index (χ0v) is 11.5. The van der Waals surface area contributed by atoms with Crippen LogP contribution in [0.4, 0.5) is 11.5 Å². The second kappa shape index (κ2) is 5.35. The van der Waals surface area contributed by atoms with E-state index in [1.54, 1.807) is 6.20 Å². The van der Waals surface area contributed by atoms with Crippen LogP contribution in [0, 0.1) is 0 Å². The molecule has 0 aliphatic rings. The highest BCUT2D eigenvalue weighted by atomic mass is 32.2. The van der Waals surface area contributed by atoms with Crippen molar-refractivity contribution < 1.29 is 8.42 Å². The molecule has 0 saturated heterocycles. The van der Waals surface area contributed by atoms with Gasteiger partial charge in [-0.1, -0.05) is 0 Å². The zero-order valence-electron chi connectivity index (χ0n) is 10.6. The minimum Gasteiger partial charge on any atom is -0.380 e. The molecule has 1 aromatic rings. The maximum atomic E-state index is 11.1. The predicted molar refractivity (Wildman–Crippen MR) is 71.4 cm³/mol. The van der Waals surface area contributed by atoms with Crippen LogP contribution in [0.25, 0.3) is 0 Å². The highest BCUT2D eigenvalue weighted by molar-refractivity contribution is 7.90. The summed E-state index contributed by atoms with van der Waals surface area (Å²) in [6.07, 6.45) is 2.94. The standard InChI is InChI=1S/C11H19N3O2S/c1-9(8-17(4,15)16)13-10-5-6-11(12-7-10)14(2)3/h5-7,9,13H,8H2,1-4H3. The number of hydrogen-bond acceptors (Lipinski definition) is 5. The summed E-state index contributed by atoms with van der Waals surface area (Å²) in [5, 5.41) is 3.10. The van der Waals surface area contributed by atoms with Crippen molar-refractivity contribution in [1.29, 1.82) is 0 Å². The molecule has 0 aliphatic carbocycles. The van der Waals surface area contributed by atoms with E-state index >= 15 is 0 Å². The monoisotopic (exact) mass is 257 g/mol. The average Bonchev–Trinajstić information content (AvgIpc) is 2.15. The van der Waals surface area contributed by atoms with Crippen molar-refractivity contribution in [3.63, 3.8) is 0 Å². The first-order chi connectivity index (χ1) is 7.78. The summed E-state index contributed by atoms with van der Waals surface area (Å²) < 4.78 is 22.2. The van der Waals surface area contributed by atoms with Crippen LogP contribution in [-0.4, -0.2) is 45.5 Å². The highest BCUT2D eigenvalue weighted by Gasteiger charge is 2.10. The van der Waals surface area contributed by atoms with E-state index in [0.717, 1.165) is 11.5 Å². The van der Waals surface area contributed by atoms with Gasteiger partial charge in [0.05, 0.1) is 17.6 Å². The van der Waals surface area contributed by atoms with Gasteiger partial charge in [-0.15, -0.1) is 0 Å². The van der Waals surface area contributed by atoms with Crippen LogP contribution >= 0.6 is 0 Å². The molecule has 0 saturated carbocycles. The number of sulfone groups is 1. The zero-order chi connectivity index (χ0) is 13.1. The summed E-state index contributed by atoms with van der Waals surface area (Å²) in [7, 11) is 0.881. The van der Waals surface area contributed by atoms with Crippen LogP contribution in [0.5, 0.6) is 0 Å². The lowest BCUT2D eigenvalue weighted by molar-refractivity contribution is 0.598. The highest BCUT2D eigenvalue weighted by Crippen LogP contribution is 2.12. The van der Waals surface area contributed by atoms with E-state index in [1.165, 1.54) is 6.26 Å². The molecule has 1 rings (SSSR count).